The van der Waals surface area contributed by atoms with Crippen LogP contribution in [0.25, 0.3) is 0 Å². The Labute approximate surface area is 103 Å². The van der Waals surface area contributed by atoms with E-state index in [9.17, 15) is 4.79 Å². The highest BCUT2D eigenvalue weighted by atomic mass is 16.1. The molecule has 1 aromatic heterocycles. The van der Waals surface area contributed by atoms with E-state index in [1.807, 2.05) is 18.2 Å². The van der Waals surface area contributed by atoms with Crippen LogP contribution in [0.5, 0.6) is 0 Å². The molecule has 0 aromatic carbocycles. The molecule has 0 radical (unpaired) electrons. The second kappa shape index (κ2) is 6.50. The smallest absolute Gasteiger partial charge is 0.138 e. The average molecular weight is 234 g/mol. The first-order valence-electron chi connectivity index (χ1n) is 6.15. The van der Waals surface area contributed by atoms with E-state index in [2.05, 4.69) is 18.8 Å². The lowest BCUT2D eigenvalue weighted by Crippen LogP contribution is -2.19. The fraction of sp³-hybridized carbons (Fsp3) is 0.571. The minimum atomic E-state index is 0.161. The van der Waals surface area contributed by atoms with Crippen LogP contribution >= 0.6 is 0 Å². The Morgan fingerprint density at radius 1 is 1.35 bits per heavy atom. The van der Waals surface area contributed by atoms with Gasteiger partial charge < -0.3 is 5.73 Å². The summed E-state index contributed by atoms with van der Waals surface area (Å²) in [4.78, 5) is 16.0. The molecule has 0 aliphatic heterocycles. The van der Waals surface area contributed by atoms with Crippen LogP contribution in [0.2, 0.25) is 0 Å². The SMILES string of the molecule is CC(C)(CCN)CCC(=O)Cc1ccccn1. The van der Waals surface area contributed by atoms with Crippen molar-refractivity contribution >= 4 is 5.78 Å². The maximum atomic E-state index is 11.8. The molecule has 0 spiro atoms. The van der Waals surface area contributed by atoms with Crippen molar-refractivity contribution in [3.8, 4) is 0 Å². The van der Waals surface area contributed by atoms with E-state index in [4.69, 9.17) is 5.73 Å². The molecule has 3 nitrogen and oxygen atoms in total. The number of carbonyl (C=O) groups excluding carboxylic acids is 1. The number of Topliss-reactive ketones (excluding diaryl/α,β-unsaturated/α-hetero) is 1. The van der Waals surface area contributed by atoms with Gasteiger partial charge in [-0.05, 0) is 36.9 Å². The van der Waals surface area contributed by atoms with Gasteiger partial charge in [-0.25, -0.2) is 0 Å². The Kier molecular flexibility index (Phi) is 5.29. The Morgan fingerprint density at radius 3 is 2.71 bits per heavy atom. The van der Waals surface area contributed by atoms with E-state index in [0.717, 1.165) is 18.5 Å². The number of nitrogens with zero attached hydrogens (tertiary/aromatic N) is 1. The van der Waals surface area contributed by atoms with Crippen molar-refractivity contribution in [2.45, 2.75) is 39.5 Å². The maximum Gasteiger partial charge on any atom is 0.138 e. The first kappa shape index (κ1) is 13.8. The van der Waals surface area contributed by atoms with Crippen molar-refractivity contribution in [3.63, 3.8) is 0 Å². The highest BCUT2D eigenvalue weighted by molar-refractivity contribution is 5.80. The molecule has 2 N–H and O–H groups in total. The van der Waals surface area contributed by atoms with Crippen LogP contribution in [0.4, 0.5) is 0 Å². The second-order valence-corrected chi connectivity index (χ2v) is 5.24. The molecule has 0 unspecified atom stereocenters. The lowest BCUT2D eigenvalue weighted by Gasteiger charge is -2.23. The van der Waals surface area contributed by atoms with E-state index in [1.54, 1.807) is 6.20 Å². The van der Waals surface area contributed by atoms with Gasteiger partial charge in [0.2, 0.25) is 0 Å². The summed E-state index contributed by atoms with van der Waals surface area (Å²) in [6, 6.07) is 5.66. The monoisotopic (exact) mass is 234 g/mol. The summed E-state index contributed by atoms with van der Waals surface area (Å²) in [6.45, 7) is 5.00. The van der Waals surface area contributed by atoms with Crippen LogP contribution in [0.15, 0.2) is 24.4 Å². The summed E-state index contributed by atoms with van der Waals surface area (Å²) in [7, 11) is 0. The van der Waals surface area contributed by atoms with Gasteiger partial charge >= 0.3 is 0 Å². The molecule has 0 amide bonds. The van der Waals surface area contributed by atoms with E-state index in [0.29, 0.717) is 19.4 Å². The number of rotatable bonds is 7. The van der Waals surface area contributed by atoms with Gasteiger partial charge in [0.1, 0.15) is 5.78 Å². The van der Waals surface area contributed by atoms with Crippen LogP contribution in [-0.2, 0) is 11.2 Å². The molecule has 0 aliphatic rings. The van der Waals surface area contributed by atoms with E-state index in [1.165, 1.54) is 0 Å². The molecular formula is C14H22N2O. The predicted molar refractivity (Wildman–Crippen MR) is 69.6 cm³/mol. The standard InChI is InChI=1S/C14H22N2O/c1-14(2,8-9-15)7-6-13(17)11-12-5-3-4-10-16-12/h3-5,10H,6-9,11,15H2,1-2H3. The van der Waals surface area contributed by atoms with Crippen molar-refractivity contribution in [2.24, 2.45) is 11.1 Å². The molecule has 1 aromatic rings. The molecular weight excluding hydrogens is 212 g/mol. The van der Waals surface area contributed by atoms with Gasteiger partial charge in [0.15, 0.2) is 0 Å². The normalized spacial score (nSPS) is 11.5. The summed E-state index contributed by atoms with van der Waals surface area (Å²) >= 11 is 0. The third-order valence-electron chi connectivity index (χ3n) is 3.01. The maximum absolute atomic E-state index is 11.8. The average Bonchev–Trinajstić information content (AvgIpc) is 2.28. The number of nitrogens with two attached hydrogens (primary N) is 1. The Balaban J connectivity index is 2.36. The topological polar surface area (TPSA) is 56.0 Å². The molecule has 0 saturated carbocycles. The lowest BCUT2D eigenvalue weighted by atomic mass is 9.83. The number of hydrogen-bond donors (Lipinski definition) is 1. The van der Waals surface area contributed by atoms with Crippen molar-refractivity contribution in [1.29, 1.82) is 0 Å². The zero-order valence-electron chi connectivity index (χ0n) is 10.8. The number of ketones is 1. The van der Waals surface area contributed by atoms with Crippen molar-refractivity contribution < 1.29 is 4.79 Å². The number of hydrogen-bond acceptors (Lipinski definition) is 3. The van der Waals surface area contributed by atoms with Crippen LogP contribution < -0.4 is 5.73 Å². The first-order chi connectivity index (χ1) is 8.03. The molecule has 0 fully saturated rings. The van der Waals surface area contributed by atoms with E-state index in [-0.39, 0.29) is 11.2 Å². The molecule has 1 heterocycles. The number of pyridine rings is 1. The zero-order valence-corrected chi connectivity index (χ0v) is 10.8. The molecule has 1 rings (SSSR count). The van der Waals surface area contributed by atoms with Crippen LogP contribution in [0, 0.1) is 5.41 Å². The van der Waals surface area contributed by atoms with Gasteiger partial charge in [0.05, 0.1) is 0 Å². The van der Waals surface area contributed by atoms with E-state index < -0.39 is 0 Å². The van der Waals surface area contributed by atoms with Gasteiger partial charge in [-0.1, -0.05) is 19.9 Å². The Hall–Kier alpha value is -1.22. The largest absolute Gasteiger partial charge is 0.330 e. The summed E-state index contributed by atoms with van der Waals surface area (Å²) in [5.74, 6) is 0.258. The Morgan fingerprint density at radius 2 is 2.12 bits per heavy atom. The van der Waals surface area contributed by atoms with Crippen LogP contribution in [0.3, 0.4) is 0 Å². The minimum Gasteiger partial charge on any atom is -0.330 e. The second-order valence-electron chi connectivity index (χ2n) is 5.24. The number of carbonyl (C=O) groups is 1. The lowest BCUT2D eigenvalue weighted by molar-refractivity contribution is -0.119. The summed E-state index contributed by atoms with van der Waals surface area (Å²) in [5.41, 5.74) is 6.57. The highest BCUT2D eigenvalue weighted by Gasteiger charge is 2.18. The summed E-state index contributed by atoms with van der Waals surface area (Å²) in [5, 5.41) is 0. The molecule has 17 heavy (non-hydrogen) atoms. The summed E-state index contributed by atoms with van der Waals surface area (Å²) < 4.78 is 0. The van der Waals surface area contributed by atoms with Gasteiger partial charge in [-0.2, -0.15) is 0 Å². The molecule has 0 aliphatic carbocycles. The van der Waals surface area contributed by atoms with Gasteiger partial charge in [-0.3, -0.25) is 9.78 Å². The minimum absolute atomic E-state index is 0.161. The van der Waals surface area contributed by atoms with Crippen molar-refractivity contribution in [1.82, 2.24) is 4.98 Å². The highest BCUT2D eigenvalue weighted by Crippen LogP contribution is 2.26. The van der Waals surface area contributed by atoms with Crippen molar-refractivity contribution in [2.75, 3.05) is 6.54 Å². The third-order valence-corrected chi connectivity index (χ3v) is 3.01. The quantitative estimate of drug-likeness (QED) is 0.788. The fourth-order valence-corrected chi connectivity index (χ4v) is 1.79. The molecule has 3 heteroatoms. The van der Waals surface area contributed by atoms with Crippen LogP contribution in [-0.4, -0.2) is 17.3 Å². The van der Waals surface area contributed by atoms with Crippen LogP contribution in [0.1, 0.15) is 38.8 Å². The first-order valence-corrected chi connectivity index (χ1v) is 6.15. The Bertz CT molecular complexity index is 346. The van der Waals surface area contributed by atoms with Gasteiger partial charge in [0.25, 0.3) is 0 Å². The molecule has 0 atom stereocenters. The number of aromatic nitrogens is 1. The fourth-order valence-electron chi connectivity index (χ4n) is 1.79. The zero-order chi connectivity index (χ0) is 12.7. The predicted octanol–water partition coefficient (Wildman–Crippen LogP) is 2.35. The van der Waals surface area contributed by atoms with Gasteiger partial charge in [0, 0.05) is 24.7 Å². The molecule has 0 saturated heterocycles. The van der Waals surface area contributed by atoms with Gasteiger partial charge in [-0.15, -0.1) is 0 Å². The summed E-state index contributed by atoms with van der Waals surface area (Å²) in [6.07, 6.45) is 4.64. The molecule has 94 valence electrons. The molecule has 0 bridgehead atoms. The third kappa shape index (κ3) is 5.59. The van der Waals surface area contributed by atoms with Crippen molar-refractivity contribution in [3.05, 3.63) is 30.1 Å². The van der Waals surface area contributed by atoms with E-state index >= 15 is 0 Å².